The molecule has 1 fully saturated rings. The van der Waals surface area contributed by atoms with Gasteiger partial charge in [0.1, 0.15) is 17.4 Å². The Morgan fingerprint density at radius 2 is 1.54 bits per heavy atom. The lowest BCUT2D eigenvalue weighted by molar-refractivity contribution is -0.136. The van der Waals surface area contributed by atoms with Gasteiger partial charge in [-0.2, -0.15) is 0 Å². The van der Waals surface area contributed by atoms with Crippen molar-refractivity contribution < 1.29 is 24.2 Å². The van der Waals surface area contributed by atoms with Crippen LogP contribution in [0.25, 0.3) is 0 Å². The summed E-state index contributed by atoms with van der Waals surface area (Å²) in [4.78, 5) is 43.3. The molecule has 1 aliphatic rings. The highest BCUT2D eigenvalue weighted by molar-refractivity contribution is 5.94. The third kappa shape index (κ3) is 6.97. The zero-order valence-corrected chi connectivity index (χ0v) is 21.2. The third-order valence-corrected chi connectivity index (χ3v) is 6.03. The van der Waals surface area contributed by atoms with E-state index in [2.05, 4.69) is 4.90 Å². The summed E-state index contributed by atoms with van der Waals surface area (Å²) in [5.74, 6) is 0.0309. The zero-order chi connectivity index (χ0) is 25.8. The number of ether oxygens (including phenoxy) is 1. The van der Waals surface area contributed by atoms with Crippen LogP contribution in [0.4, 0.5) is 10.5 Å². The maximum Gasteiger partial charge on any atom is 0.410 e. The number of anilines is 1. The van der Waals surface area contributed by atoms with Gasteiger partial charge in [-0.05, 0) is 69.7 Å². The van der Waals surface area contributed by atoms with Crippen molar-refractivity contribution in [3.05, 3.63) is 59.7 Å². The van der Waals surface area contributed by atoms with Gasteiger partial charge in [-0.3, -0.25) is 14.5 Å². The lowest BCUT2D eigenvalue weighted by Gasteiger charge is -2.39. The van der Waals surface area contributed by atoms with Crippen LogP contribution in [0.2, 0.25) is 0 Å². The molecule has 1 atom stereocenters. The molecule has 2 aromatic rings. The van der Waals surface area contributed by atoms with Gasteiger partial charge in [-0.25, -0.2) is 4.79 Å². The maximum atomic E-state index is 13.6. The second-order valence-electron chi connectivity index (χ2n) is 9.89. The van der Waals surface area contributed by atoms with Crippen molar-refractivity contribution in [3.63, 3.8) is 0 Å². The smallest absolute Gasteiger partial charge is 0.410 e. The highest BCUT2D eigenvalue weighted by Gasteiger charge is 2.34. The summed E-state index contributed by atoms with van der Waals surface area (Å²) in [5, 5.41) is 9.61. The number of piperazine rings is 1. The number of ketones is 1. The molecule has 0 aliphatic carbocycles. The molecule has 0 radical (unpaired) electrons. The van der Waals surface area contributed by atoms with Gasteiger partial charge in [0.15, 0.2) is 5.78 Å². The largest absolute Gasteiger partial charge is 0.508 e. The number of Topliss-reactive ketones (excluding diaryl/α,β-unsaturated/α-hetero) is 1. The molecule has 2 aromatic carbocycles. The third-order valence-electron chi connectivity index (χ3n) is 6.03. The number of hydrogen-bond donors (Lipinski definition) is 1. The van der Waals surface area contributed by atoms with E-state index in [4.69, 9.17) is 4.74 Å². The number of carbonyl (C=O) groups excluding carboxylic acids is 3. The van der Waals surface area contributed by atoms with E-state index in [9.17, 15) is 19.5 Å². The Hall–Kier alpha value is -3.55. The van der Waals surface area contributed by atoms with Crippen LogP contribution in [0.1, 0.15) is 43.6 Å². The Balaban J connectivity index is 1.72. The Labute approximate surface area is 207 Å². The quantitative estimate of drug-likeness (QED) is 0.633. The zero-order valence-electron chi connectivity index (χ0n) is 21.2. The molecular weight excluding hydrogens is 446 g/mol. The van der Waals surface area contributed by atoms with Crippen LogP contribution in [0.15, 0.2) is 48.5 Å². The summed E-state index contributed by atoms with van der Waals surface area (Å²) in [6.45, 7) is 9.24. The van der Waals surface area contributed by atoms with E-state index in [1.165, 1.54) is 4.90 Å². The number of hydrogen-bond acceptors (Lipinski definition) is 6. The lowest BCUT2D eigenvalue weighted by atomic mass is 10.0. The first-order valence-electron chi connectivity index (χ1n) is 11.8. The number of carbonyl (C=O) groups is 3. The Bertz CT molecular complexity index is 1040. The molecule has 188 valence electrons. The summed E-state index contributed by atoms with van der Waals surface area (Å²) < 4.78 is 5.52. The van der Waals surface area contributed by atoms with Gasteiger partial charge in [0.2, 0.25) is 5.91 Å². The summed E-state index contributed by atoms with van der Waals surface area (Å²) in [7, 11) is 1.59. The Kier molecular flexibility index (Phi) is 8.04. The van der Waals surface area contributed by atoms with Crippen LogP contribution >= 0.6 is 0 Å². The lowest BCUT2D eigenvalue weighted by Crippen LogP contribution is -2.56. The molecule has 0 spiro atoms. The highest BCUT2D eigenvalue weighted by Crippen LogP contribution is 2.21. The monoisotopic (exact) mass is 481 g/mol. The summed E-state index contributed by atoms with van der Waals surface area (Å²) in [6, 6.07) is 13.4. The predicted octanol–water partition coefficient (Wildman–Crippen LogP) is 3.72. The predicted molar refractivity (Wildman–Crippen MR) is 135 cm³/mol. The molecule has 2 amide bonds. The molecule has 1 saturated heterocycles. The van der Waals surface area contributed by atoms with Crippen LogP contribution in [0.5, 0.6) is 5.75 Å². The average molecular weight is 482 g/mol. The summed E-state index contributed by atoms with van der Waals surface area (Å²) >= 11 is 0. The number of benzene rings is 2. The number of phenols is 1. The van der Waals surface area contributed by atoms with Crippen LogP contribution in [-0.2, 0) is 16.0 Å². The van der Waals surface area contributed by atoms with Crippen molar-refractivity contribution in [2.24, 2.45) is 0 Å². The molecule has 1 N–H and O–H groups in total. The van der Waals surface area contributed by atoms with Crippen molar-refractivity contribution in [2.45, 2.75) is 45.8 Å². The first-order chi connectivity index (χ1) is 16.4. The van der Waals surface area contributed by atoms with Gasteiger partial charge >= 0.3 is 6.09 Å². The molecule has 8 nitrogen and oxygen atoms in total. The minimum absolute atomic E-state index is 0.0285. The number of rotatable bonds is 6. The highest BCUT2D eigenvalue weighted by atomic mass is 16.6. The fraction of sp³-hybridized carbons (Fsp3) is 0.444. The van der Waals surface area contributed by atoms with Gasteiger partial charge in [-0.15, -0.1) is 0 Å². The van der Waals surface area contributed by atoms with Gasteiger partial charge in [0, 0.05) is 50.9 Å². The standard InChI is InChI=1S/C27H35N3O5/c1-19(31)21-8-10-22(11-9-21)29-14-16-30(17-15-29)25(33)24(18-20-6-12-23(32)13-7-20)28(5)26(34)35-27(2,3)4/h6-13,24,32H,14-18H2,1-5H3. The topological polar surface area (TPSA) is 90.4 Å². The first kappa shape index (κ1) is 26.1. The minimum atomic E-state index is -0.740. The maximum absolute atomic E-state index is 13.6. The normalized spacial score (nSPS) is 14.9. The fourth-order valence-corrected chi connectivity index (χ4v) is 4.01. The number of aromatic hydroxyl groups is 1. The molecule has 1 aliphatic heterocycles. The van der Waals surface area contributed by atoms with Crippen LogP contribution in [0.3, 0.4) is 0 Å². The number of likely N-dealkylation sites (N-methyl/N-ethyl adjacent to an activating group) is 1. The summed E-state index contributed by atoms with van der Waals surface area (Å²) in [5.41, 5.74) is 1.83. The van der Waals surface area contributed by atoms with Gasteiger partial charge in [-0.1, -0.05) is 12.1 Å². The van der Waals surface area contributed by atoms with Gasteiger partial charge in [0.25, 0.3) is 0 Å². The molecule has 0 saturated carbocycles. The van der Waals surface area contributed by atoms with E-state index in [-0.39, 0.29) is 17.4 Å². The second kappa shape index (κ2) is 10.8. The van der Waals surface area contributed by atoms with Crippen molar-refractivity contribution in [1.29, 1.82) is 0 Å². The number of phenolic OH excluding ortho intramolecular Hbond substituents is 1. The molecule has 0 aromatic heterocycles. The Morgan fingerprint density at radius 3 is 2.06 bits per heavy atom. The SMILES string of the molecule is CC(=O)c1ccc(N2CCN(C(=O)C(Cc3ccc(O)cc3)N(C)C(=O)OC(C)(C)C)CC2)cc1. The first-order valence-corrected chi connectivity index (χ1v) is 11.8. The van der Waals surface area contributed by atoms with Crippen LogP contribution in [0, 0.1) is 0 Å². The fourth-order valence-electron chi connectivity index (χ4n) is 4.01. The molecule has 8 heteroatoms. The van der Waals surface area contributed by atoms with E-state index in [0.29, 0.717) is 38.2 Å². The molecule has 1 heterocycles. The van der Waals surface area contributed by atoms with Gasteiger partial charge < -0.3 is 19.6 Å². The Morgan fingerprint density at radius 1 is 0.971 bits per heavy atom. The molecule has 0 bridgehead atoms. The van der Waals surface area contributed by atoms with E-state index >= 15 is 0 Å². The molecular formula is C27H35N3O5. The van der Waals surface area contributed by atoms with E-state index in [1.807, 2.05) is 24.3 Å². The molecule has 35 heavy (non-hydrogen) atoms. The average Bonchev–Trinajstić information content (AvgIpc) is 2.82. The van der Waals surface area contributed by atoms with E-state index < -0.39 is 17.7 Å². The number of amides is 2. The van der Waals surface area contributed by atoms with Crippen molar-refractivity contribution in [1.82, 2.24) is 9.80 Å². The molecule has 3 rings (SSSR count). The summed E-state index contributed by atoms with van der Waals surface area (Å²) in [6.07, 6.45) is -0.250. The molecule has 1 unspecified atom stereocenters. The van der Waals surface area contributed by atoms with E-state index in [0.717, 1.165) is 11.3 Å². The van der Waals surface area contributed by atoms with Crippen molar-refractivity contribution in [3.8, 4) is 5.75 Å². The van der Waals surface area contributed by atoms with Crippen LogP contribution in [-0.4, -0.2) is 77.6 Å². The van der Waals surface area contributed by atoms with E-state index in [1.54, 1.807) is 63.9 Å². The second-order valence-corrected chi connectivity index (χ2v) is 9.89. The van der Waals surface area contributed by atoms with Crippen molar-refractivity contribution >= 4 is 23.5 Å². The van der Waals surface area contributed by atoms with Crippen LogP contribution < -0.4 is 4.90 Å². The number of nitrogens with zero attached hydrogens (tertiary/aromatic N) is 3. The minimum Gasteiger partial charge on any atom is -0.508 e. The van der Waals surface area contributed by atoms with Crippen molar-refractivity contribution in [2.75, 3.05) is 38.1 Å². The van der Waals surface area contributed by atoms with Gasteiger partial charge in [0.05, 0.1) is 0 Å².